The number of carbonyl (C=O) groups is 1. The molecular formula is C57H106N2O6P+. The number of allylic oxidation sites excluding steroid dienone is 11. The first kappa shape index (κ1) is 63.9. The second-order valence-electron chi connectivity index (χ2n) is 19.6. The predicted molar refractivity (Wildman–Crippen MR) is 286 cm³/mol. The molecule has 0 aromatic carbocycles. The maximum atomic E-state index is 12.9. The van der Waals surface area contributed by atoms with Crippen molar-refractivity contribution in [3.05, 3.63) is 72.9 Å². The van der Waals surface area contributed by atoms with Crippen LogP contribution >= 0.6 is 7.82 Å². The largest absolute Gasteiger partial charge is 0.472 e. The van der Waals surface area contributed by atoms with Gasteiger partial charge in [-0.25, -0.2) is 4.57 Å². The van der Waals surface area contributed by atoms with Gasteiger partial charge in [0.25, 0.3) is 0 Å². The van der Waals surface area contributed by atoms with E-state index in [1.807, 2.05) is 27.2 Å². The van der Waals surface area contributed by atoms with Gasteiger partial charge in [-0.15, -0.1) is 0 Å². The molecule has 3 N–H and O–H groups in total. The van der Waals surface area contributed by atoms with E-state index in [0.717, 1.165) is 70.6 Å². The highest BCUT2D eigenvalue weighted by Gasteiger charge is 2.27. The van der Waals surface area contributed by atoms with E-state index in [1.165, 1.54) is 141 Å². The van der Waals surface area contributed by atoms with Crippen LogP contribution in [0.2, 0.25) is 0 Å². The Bertz CT molecular complexity index is 1300. The highest BCUT2D eigenvalue weighted by molar-refractivity contribution is 7.47. The normalized spacial score (nSPS) is 14.6. The number of carbonyl (C=O) groups excluding carboxylic acids is 1. The molecule has 0 heterocycles. The molecule has 0 bridgehead atoms. The van der Waals surface area contributed by atoms with E-state index in [9.17, 15) is 19.4 Å². The zero-order valence-electron chi connectivity index (χ0n) is 43.7. The van der Waals surface area contributed by atoms with Gasteiger partial charge in [0.05, 0.1) is 39.9 Å². The van der Waals surface area contributed by atoms with Crippen LogP contribution in [0.5, 0.6) is 0 Å². The fraction of sp³-hybridized carbons (Fsp3) is 0.772. The lowest BCUT2D eigenvalue weighted by atomic mass is 10.0. The third-order valence-electron chi connectivity index (χ3n) is 11.9. The van der Waals surface area contributed by atoms with Gasteiger partial charge in [-0.3, -0.25) is 13.8 Å². The fourth-order valence-corrected chi connectivity index (χ4v) is 8.35. The summed E-state index contributed by atoms with van der Waals surface area (Å²) >= 11 is 0. The lowest BCUT2D eigenvalue weighted by Crippen LogP contribution is -2.45. The number of quaternary nitrogens is 1. The number of rotatable bonds is 49. The molecule has 1 amide bonds. The molecule has 0 aliphatic rings. The average molecular weight is 946 g/mol. The third kappa shape index (κ3) is 49.8. The number of phosphoric acid groups is 1. The fourth-order valence-electron chi connectivity index (χ4n) is 7.62. The summed E-state index contributed by atoms with van der Waals surface area (Å²) < 4.78 is 23.6. The summed E-state index contributed by atoms with van der Waals surface area (Å²) in [5.41, 5.74) is 0. The molecule has 66 heavy (non-hydrogen) atoms. The number of phosphoric ester groups is 1. The van der Waals surface area contributed by atoms with Crippen molar-refractivity contribution in [2.45, 2.75) is 244 Å². The molecule has 0 saturated heterocycles. The van der Waals surface area contributed by atoms with Gasteiger partial charge in [0.2, 0.25) is 5.91 Å². The van der Waals surface area contributed by atoms with Gasteiger partial charge in [0.15, 0.2) is 0 Å². The van der Waals surface area contributed by atoms with Gasteiger partial charge in [-0.05, 0) is 77.0 Å². The Balaban J connectivity index is 4.22. The summed E-state index contributed by atoms with van der Waals surface area (Å²) in [5, 5.41) is 13.8. The molecule has 384 valence electrons. The lowest BCUT2D eigenvalue weighted by Gasteiger charge is -2.25. The number of amides is 1. The van der Waals surface area contributed by atoms with Crippen LogP contribution in [0.4, 0.5) is 0 Å². The minimum absolute atomic E-state index is 0.0444. The number of hydrogen-bond acceptors (Lipinski definition) is 5. The standard InChI is InChI=1S/C57H105N2O6P/c1-6-8-10-12-14-16-18-20-21-22-23-24-25-26-27-28-29-30-31-32-33-34-35-36-37-39-40-42-44-46-48-50-56(60)55(54-65-66(62,63)64-53-52-59(3,4)5)58-57(61)51-49-47-45-43-41-38-19-17-15-13-11-9-7-2/h9,11,15,17,35-36,38,40-42,48,50,55-56,60H,6-8,10,12-14,16,18-34,37,39,43-47,49,51-54H2,1-5H3,(H-,58,61,62,63)/p+1/b11-9-,17-15-,36-35+,41-38-,42-40+,50-48+. The number of hydrogen-bond donors (Lipinski definition) is 3. The molecule has 0 aromatic rings. The van der Waals surface area contributed by atoms with Crippen molar-refractivity contribution in [1.82, 2.24) is 5.32 Å². The van der Waals surface area contributed by atoms with Crippen LogP contribution in [0.1, 0.15) is 232 Å². The Morgan fingerprint density at radius 3 is 1.39 bits per heavy atom. The first-order valence-electron chi connectivity index (χ1n) is 27.3. The van der Waals surface area contributed by atoms with E-state index in [1.54, 1.807) is 6.08 Å². The topological polar surface area (TPSA) is 105 Å². The average Bonchev–Trinajstić information content (AvgIpc) is 3.28. The maximum absolute atomic E-state index is 12.9. The summed E-state index contributed by atoms with van der Waals surface area (Å²) in [6.45, 7) is 4.65. The SMILES string of the molecule is CC/C=C\C/C=C\C/C=C\CCCCCC(=O)NC(COP(=O)(O)OCC[N+](C)(C)C)C(O)/C=C/CC/C=C/CC/C=C/CCCCCCCCCCCCCCCCCCCCCCC. The van der Waals surface area contributed by atoms with Crippen molar-refractivity contribution in [3.8, 4) is 0 Å². The Labute approximate surface area is 408 Å². The van der Waals surface area contributed by atoms with E-state index in [2.05, 4.69) is 79.9 Å². The smallest absolute Gasteiger partial charge is 0.387 e. The first-order chi connectivity index (χ1) is 32.0. The van der Waals surface area contributed by atoms with Crippen LogP contribution < -0.4 is 5.32 Å². The van der Waals surface area contributed by atoms with E-state index < -0.39 is 20.0 Å². The lowest BCUT2D eigenvalue weighted by molar-refractivity contribution is -0.870. The van der Waals surface area contributed by atoms with Crippen molar-refractivity contribution in [1.29, 1.82) is 0 Å². The van der Waals surface area contributed by atoms with E-state index in [-0.39, 0.29) is 19.1 Å². The quantitative estimate of drug-likeness (QED) is 0.0243. The van der Waals surface area contributed by atoms with Gasteiger partial charge in [0, 0.05) is 6.42 Å². The van der Waals surface area contributed by atoms with Crippen LogP contribution in [0.15, 0.2) is 72.9 Å². The van der Waals surface area contributed by atoms with Crippen LogP contribution in [0.3, 0.4) is 0 Å². The van der Waals surface area contributed by atoms with Crippen molar-refractivity contribution >= 4 is 13.7 Å². The Morgan fingerprint density at radius 2 is 0.924 bits per heavy atom. The van der Waals surface area contributed by atoms with Crippen LogP contribution in [0, 0.1) is 0 Å². The molecule has 0 fully saturated rings. The number of aliphatic hydroxyl groups excluding tert-OH is 1. The van der Waals surface area contributed by atoms with E-state index in [0.29, 0.717) is 17.4 Å². The molecule has 8 nitrogen and oxygen atoms in total. The maximum Gasteiger partial charge on any atom is 0.472 e. The third-order valence-corrected chi connectivity index (χ3v) is 12.9. The number of aliphatic hydroxyl groups is 1. The Kier molecular flexibility index (Phi) is 46.5. The molecule has 0 aromatic heterocycles. The van der Waals surface area contributed by atoms with Crippen LogP contribution in [-0.2, 0) is 18.4 Å². The molecule has 0 rings (SSSR count). The summed E-state index contributed by atoms with van der Waals surface area (Å²) in [7, 11) is 1.52. The van der Waals surface area contributed by atoms with E-state index >= 15 is 0 Å². The zero-order chi connectivity index (χ0) is 48.5. The second kappa shape index (κ2) is 48.0. The van der Waals surface area contributed by atoms with Crippen molar-refractivity contribution in [3.63, 3.8) is 0 Å². The summed E-state index contributed by atoms with van der Waals surface area (Å²) in [4.78, 5) is 23.1. The van der Waals surface area contributed by atoms with E-state index in [4.69, 9.17) is 9.05 Å². The van der Waals surface area contributed by atoms with Crippen molar-refractivity contribution in [2.75, 3.05) is 40.9 Å². The predicted octanol–water partition coefficient (Wildman–Crippen LogP) is 16.3. The Hall–Kier alpha value is -2.06. The summed E-state index contributed by atoms with van der Waals surface area (Å²) in [6, 6.07) is -0.888. The number of nitrogens with one attached hydrogen (secondary N) is 1. The monoisotopic (exact) mass is 946 g/mol. The molecule has 0 aliphatic carbocycles. The van der Waals surface area contributed by atoms with Gasteiger partial charge in [-0.2, -0.15) is 0 Å². The van der Waals surface area contributed by atoms with Crippen molar-refractivity contribution in [2.24, 2.45) is 0 Å². The molecule has 3 atom stereocenters. The highest BCUT2D eigenvalue weighted by atomic mass is 31.2. The van der Waals surface area contributed by atoms with Gasteiger partial charge in [0.1, 0.15) is 13.2 Å². The minimum Gasteiger partial charge on any atom is -0.387 e. The second-order valence-corrected chi connectivity index (χ2v) is 21.0. The molecule has 0 spiro atoms. The molecule has 9 heteroatoms. The van der Waals surface area contributed by atoms with Crippen LogP contribution in [0.25, 0.3) is 0 Å². The summed E-state index contributed by atoms with van der Waals surface area (Å²) in [5.74, 6) is -0.222. The van der Waals surface area contributed by atoms with Gasteiger partial charge in [-0.1, -0.05) is 222 Å². The van der Waals surface area contributed by atoms with Gasteiger partial charge < -0.3 is 19.8 Å². The molecular weight excluding hydrogens is 840 g/mol. The van der Waals surface area contributed by atoms with Crippen molar-refractivity contribution < 1.29 is 32.9 Å². The minimum atomic E-state index is -4.37. The zero-order valence-corrected chi connectivity index (χ0v) is 44.6. The molecule has 3 unspecified atom stereocenters. The highest BCUT2D eigenvalue weighted by Crippen LogP contribution is 2.43. The first-order valence-corrected chi connectivity index (χ1v) is 28.8. The number of unbranched alkanes of at least 4 members (excludes halogenated alkanes) is 26. The number of nitrogens with zero attached hydrogens (tertiary/aromatic N) is 1. The molecule has 0 aliphatic heterocycles. The number of likely N-dealkylation sites (N-methyl/N-ethyl adjacent to an activating group) is 1. The molecule has 0 saturated carbocycles. The van der Waals surface area contributed by atoms with Crippen LogP contribution in [-0.4, -0.2) is 73.4 Å². The Morgan fingerprint density at radius 1 is 0.530 bits per heavy atom. The summed E-state index contributed by atoms with van der Waals surface area (Å²) in [6.07, 6.45) is 66.0. The van der Waals surface area contributed by atoms with Gasteiger partial charge >= 0.3 is 7.82 Å². The molecule has 0 radical (unpaired) electrons.